The van der Waals surface area contributed by atoms with Crippen molar-refractivity contribution in [1.29, 1.82) is 0 Å². The molecule has 3 aromatic heterocycles. The second-order valence-electron chi connectivity index (χ2n) is 5.45. The summed E-state index contributed by atoms with van der Waals surface area (Å²) in [6.45, 7) is 5.80. The van der Waals surface area contributed by atoms with E-state index in [4.69, 9.17) is 0 Å². The van der Waals surface area contributed by atoms with Crippen molar-refractivity contribution < 1.29 is 4.79 Å². The summed E-state index contributed by atoms with van der Waals surface area (Å²) in [6.07, 6.45) is 1.45. The maximum Gasteiger partial charge on any atom is 0.262 e. The molecule has 0 radical (unpaired) electrons. The maximum atomic E-state index is 12.6. The van der Waals surface area contributed by atoms with Crippen LogP contribution in [-0.2, 0) is 11.3 Å². The second kappa shape index (κ2) is 6.25. The van der Waals surface area contributed by atoms with Crippen molar-refractivity contribution >= 4 is 38.8 Å². The molecule has 23 heavy (non-hydrogen) atoms. The molecule has 3 rings (SSSR count). The third-order valence-electron chi connectivity index (χ3n) is 3.82. The fraction of sp³-hybridized carbons (Fsp3) is 0.312. The molecule has 1 N–H and O–H groups in total. The molecule has 0 spiro atoms. The maximum absolute atomic E-state index is 12.6. The summed E-state index contributed by atoms with van der Waals surface area (Å²) in [5.74, 6) is -0.196. The van der Waals surface area contributed by atoms with E-state index in [0.717, 1.165) is 20.1 Å². The first-order chi connectivity index (χ1) is 11.0. The Morgan fingerprint density at radius 3 is 2.91 bits per heavy atom. The number of carbonyl (C=O) groups excluding carboxylic acids is 1. The molecule has 1 atom stereocenters. The van der Waals surface area contributed by atoms with E-state index < -0.39 is 0 Å². The van der Waals surface area contributed by atoms with Gasteiger partial charge in [0.05, 0.1) is 17.8 Å². The van der Waals surface area contributed by atoms with E-state index in [1.165, 1.54) is 22.2 Å². The molecule has 120 valence electrons. The molecule has 0 fully saturated rings. The molecule has 0 bridgehead atoms. The Morgan fingerprint density at radius 2 is 2.22 bits per heavy atom. The molecular weight excluding hydrogens is 330 g/mol. The molecule has 0 aliphatic heterocycles. The van der Waals surface area contributed by atoms with Crippen molar-refractivity contribution in [3.63, 3.8) is 0 Å². The lowest BCUT2D eigenvalue weighted by atomic mass is 10.2. The summed E-state index contributed by atoms with van der Waals surface area (Å²) in [7, 11) is 0. The van der Waals surface area contributed by atoms with Gasteiger partial charge in [-0.15, -0.1) is 22.7 Å². The molecule has 0 unspecified atom stereocenters. The molecule has 0 saturated heterocycles. The highest BCUT2D eigenvalue weighted by atomic mass is 32.1. The van der Waals surface area contributed by atoms with E-state index in [9.17, 15) is 9.59 Å². The molecule has 0 aromatic carbocycles. The van der Waals surface area contributed by atoms with Gasteiger partial charge in [0.25, 0.3) is 5.56 Å². The van der Waals surface area contributed by atoms with Gasteiger partial charge in [-0.3, -0.25) is 14.2 Å². The zero-order valence-electron chi connectivity index (χ0n) is 13.1. The number of hydrogen-bond acceptors (Lipinski definition) is 5. The molecule has 0 aliphatic carbocycles. The molecule has 1 amide bonds. The van der Waals surface area contributed by atoms with E-state index in [1.54, 1.807) is 11.3 Å². The predicted molar refractivity (Wildman–Crippen MR) is 94.2 cm³/mol. The minimum absolute atomic E-state index is 0.0220. The Hall–Kier alpha value is -1.99. The fourth-order valence-corrected chi connectivity index (χ4v) is 4.16. The molecule has 0 aliphatic rings. The smallest absolute Gasteiger partial charge is 0.262 e. The number of carbonyl (C=O) groups is 1. The van der Waals surface area contributed by atoms with Gasteiger partial charge in [0.1, 0.15) is 11.4 Å². The monoisotopic (exact) mass is 347 g/mol. The number of nitrogens with zero attached hydrogens (tertiary/aromatic N) is 2. The van der Waals surface area contributed by atoms with Crippen molar-refractivity contribution in [1.82, 2.24) is 14.9 Å². The average Bonchev–Trinajstić information content (AvgIpc) is 3.12. The molecule has 5 nitrogen and oxygen atoms in total. The highest BCUT2D eigenvalue weighted by molar-refractivity contribution is 7.18. The number of rotatable bonds is 4. The molecule has 3 aromatic rings. The first-order valence-electron chi connectivity index (χ1n) is 7.25. The summed E-state index contributed by atoms with van der Waals surface area (Å²) >= 11 is 3.10. The number of nitrogens with one attached hydrogen (secondary N) is 1. The normalized spacial score (nSPS) is 12.5. The Morgan fingerprint density at radius 1 is 1.43 bits per heavy atom. The highest BCUT2D eigenvalue weighted by Crippen LogP contribution is 2.25. The minimum Gasteiger partial charge on any atom is -0.347 e. The van der Waals surface area contributed by atoms with Gasteiger partial charge in [-0.1, -0.05) is 6.07 Å². The zero-order valence-corrected chi connectivity index (χ0v) is 14.8. The number of hydrogen-bond donors (Lipinski definition) is 1. The van der Waals surface area contributed by atoms with Gasteiger partial charge in [0.15, 0.2) is 0 Å². The number of fused-ring (bicyclic) bond motifs is 1. The van der Waals surface area contributed by atoms with Gasteiger partial charge >= 0.3 is 0 Å². The highest BCUT2D eigenvalue weighted by Gasteiger charge is 2.15. The Balaban J connectivity index is 1.81. The summed E-state index contributed by atoms with van der Waals surface area (Å²) in [6, 6.07) is 3.86. The first kappa shape index (κ1) is 15.9. The average molecular weight is 347 g/mol. The standard InChI is InChI=1S/C16H17N3O2S2/c1-9-11(3)23-15-14(9)16(21)19(8-17-15)7-13(20)18-10(2)12-5-4-6-22-12/h4-6,8,10H,7H2,1-3H3,(H,18,20)/t10-/m0/s1. The summed E-state index contributed by atoms with van der Waals surface area (Å²) < 4.78 is 1.37. The number of thiophene rings is 2. The quantitative estimate of drug-likeness (QED) is 0.789. The van der Waals surface area contributed by atoms with Crippen LogP contribution in [0.25, 0.3) is 10.2 Å². The van der Waals surface area contributed by atoms with Crippen molar-refractivity contribution in [2.45, 2.75) is 33.4 Å². The topological polar surface area (TPSA) is 64.0 Å². The lowest BCUT2D eigenvalue weighted by Gasteiger charge is -2.13. The van der Waals surface area contributed by atoms with Crippen LogP contribution in [-0.4, -0.2) is 15.5 Å². The van der Waals surface area contributed by atoms with E-state index in [2.05, 4.69) is 10.3 Å². The minimum atomic E-state index is -0.196. The Labute approximate surface area is 141 Å². The number of aryl methyl sites for hydroxylation is 2. The summed E-state index contributed by atoms with van der Waals surface area (Å²) in [5, 5.41) is 5.51. The van der Waals surface area contributed by atoms with E-state index in [-0.39, 0.29) is 24.1 Å². The third kappa shape index (κ3) is 3.07. The zero-order chi connectivity index (χ0) is 16.6. The first-order valence-corrected chi connectivity index (χ1v) is 8.95. The van der Waals surface area contributed by atoms with Gasteiger partial charge in [0.2, 0.25) is 5.91 Å². The predicted octanol–water partition coefficient (Wildman–Crippen LogP) is 3.01. The van der Waals surface area contributed by atoms with Crippen LogP contribution < -0.4 is 10.9 Å². The van der Waals surface area contributed by atoms with Crippen LogP contribution >= 0.6 is 22.7 Å². The number of amides is 1. The van der Waals surface area contributed by atoms with Gasteiger partial charge in [0, 0.05) is 9.75 Å². The van der Waals surface area contributed by atoms with Crippen LogP contribution in [0.5, 0.6) is 0 Å². The lowest BCUT2D eigenvalue weighted by Crippen LogP contribution is -2.33. The molecule has 3 heterocycles. The second-order valence-corrected chi connectivity index (χ2v) is 7.63. The Kier molecular flexibility index (Phi) is 4.32. The van der Waals surface area contributed by atoms with Gasteiger partial charge < -0.3 is 5.32 Å². The SMILES string of the molecule is Cc1sc2ncn(CC(=O)N[C@@H](C)c3cccs3)c(=O)c2c1C. The van der Waals surface area contributed by atoms with Crippen LogP contribution in [0, 0.1) is 13.8 Å². The van der Waals surface area contributed by atoms with Crippen molar-refractivity contribution in [2.75, 3.05) is 0 Å². The molecule has 7 heteroatoms. The van der Waals surface area contributed by atoms with Crippen LogP contribution in [0.3, 0.4) is 0 Å². The van der Waals surface area contributed by atoms with E-state index in [0.29, 0.717) is 5.39 Å². The lowest BCUT2D eigenvalue weighted by molar-refractivity contribution is -0.122. The largest absolute Gasteiger partial charge is 0.347 e. The van der Waals surface area contributed by atoms with Gasteiger partial charge in [-0.05, 0) is 37.8 Å². The van der Waals surface area contributed by atoms with Gasteiger partial charge in [-0.2, -0.15) is 0 Å². The van der Waals surface area contributed by atoms with Crippen molar-refractivity contribution in [3.8, 4) is 0 Å². The molecular formula is C16H17N3O2S2. The number of aromatic nitrogens is 2. The van der Waals surface area contributed by atoms with Crippen LogP contribution in [0.2, 0.25) is 0 Å². The van der Waals surface area contributed by atoms with E-state index in [1.807, 2.05) is 38.3 Å². The van der Waals surface area contributed by atoms with Gasteiger partial charge in [-0.25, -0.2) is 4.98 Å². The van der Waals surface area contributed by atoms with E-state index >= 15 is 0 Å². The Bertz CT molecular complexity index is 909. The van der Waals surface area contributed by atoms with Crippen LogP contribution in [0.4, 0.5) is 0 Å². The fourth-order valence-electron chi connectivity index (χ4n) is 2.43. The van der Waals surface area contributed by atoms with Crippen molar-refractivity contribution in [2.24, 2.45) is 0 Å². The van der Waals surface area contributed by atoms with Crippen molar-refractivity contribution in [3.05, 3.63) is 49.5 Å². The molecule has 0 saturated carbocycles. The summed E-state index contributed by atoms with van der Waals surface area (Å²) in [5.41, 5.74) is 0.792. The summed E-state index contributed by atoms with van der Waals surface area (Å²) in [4.78, 5) is 32.0. The van der Waals surface area contributed by atoms with Crippen LogP contribution in [0.15, 0.2) is 28.6 Å². The van der Waals surface area contributed by atoms with Crippen LogP contribution in [0.1, 0.15) is 28.3 Å². The third-order valence-corrected chi connectivity index (χ3v) is 5.99.